The van der Waals surface area contributed by atoms with Gasteiger partial charge in [0.2, 0.25) is 6.71 Å². The summed E-state index contributed by atoms with van der Waals surface area (Å²) >= 11 is 0. The number of imidazole rings is 1. The van der Waals surface area contributed by atoms with Crippen LogP contribution in [0.25, 0.3) is 0 Å². The van der Waals surface area contributed by atoms with Crippen LogP contribution >= 0.6 is 0 Å². The SMILES string of the molecule is C=C(C)B(c1ccccc1)c1ccccc1.N#CCn1ccnc1. The number of aromatic nitrogens is 2. The largest absolute Gasteiger partial charge is 0.324 e. The van der Waals surface area contributed by atoms with Gasteiger partial charge in [-0.15, -0.1) is 12.1 Å². The molecule has 0 N–H and O–H groups in total. The maximum atomic E-state index is 8.14. The van der Waals surface area contributed by atoms with Gasteiger partial charge in [-0.3, -0.25) is 0 Å². The molecule has 0 bridgehead atoms. The second kappa shape index (κ2) is 9.17. The van der Waals surface area contributed by atoms with Crippen LogP contribution in [0, 0.1) is 11.3 Å². The van der Waals surface area contributed by atoms with E-state index in [0.717, 1.165) is 0 Å². The third-order valence-corrected chi connectivity index (χ3v) is 3.57. The van der Waals surface area contributed by atoms with Crippen molar-refractivity contribution < 1.29 is 0 Å². The number of nitrogens with zero attached hydrogens (tertiary/aromatic N) is 3. The summed E-state index contributed by atoms with van der Waals surface area (Å²) in [7, 11) is 0. The molecular formula is C20H20BN3. The minimum atomic E-state index is 0.308. The Hall–Kier alpha value is -3.06. The van der Waals surface area contributed by atoms with Gasteiger partial charge < -0.3 is 4.57 Å². The van der Waals surface area contributed by atoms with Gasteiger partial charge >= 0.3 is 0 Å². The molecule has 3 nitrogen and oxygen atoms in total. The van der Waals surface area contributed by atoms with E-state index in [4.69, 9.17) is 5.26 Å². The normalized spacial score (nSPS) is 9.33. The Kier molecular flexibility index (Phi) is 6.61. The van der Waals surface area contributed by atoms with Crippen molar-refractivity contribution in [2.45, 2.75) is 13.5 Å². The number of rotatable bonds is 4. The lowest BCUT2D eigenvalue weighted by Crippen LogP contribution is -2.43. The van der Waals surface area contributed by atoms with Gasteiger partial charge in [0.25, 0.3) is 0 Å². The van der Waals surface area contributed by atoms with Crippen LogP contribution in [0.3, 0.4) is 0 Å². The van der Waals surface area contributed by atoms with Crippen molar-refractivity contribution in [1.29, 1.82) is 5.26 Å². The van der Waals surface area contributed by atoms with Crippen LogP contribution in [0.5, 0.6) is 0 Å². The van der Waals surface area contributed by atoms with E-state index >= 15 is 0 Å². The van der Waals surface area contributed by atoms with Gasteiger partial charge in [-0.1, -0.05) is 78.5 Å². The van der Waals surface area contributed by atoms with E-state index in [-0.39, 0.29) is 0 Å². The average Bonchev–Trinajstić information content (AvgIpc) is 3.11. The van der Waals surface area contributed by atoms with E-state index < -0.39 is 0 Å². The summed E-state index contributed by atoms with van der Waals surface area (Å²) in [6.45, 7) is 6.89. The molecule has 0 aliphatic carbocycles. The molecule has 0 unspecified atom stereocenters. The zero-order valence-electron chi connectivity index (χ0n) is 13.8. The molecule has 24 heavy (non-hydrogen) atoms. The van der Waals surface area contributed by atoms with Crippen molar-refractivity contribution in [3.05, 3.63) is 91.4 Å². The van der Waals surface area contributed by atoms with Crippen LogP contribution in [-0.2, 0) is 6.54 Å². The lowest BCUT2D eigenvalue weighted by atomic mass is 9.37. The number of hydrogen-bond donors (Lipinski definition) is 0. The highest BCUT2D eigenvalue weighted by atomic mass is 15.0. The second-order valence-electron chi connectivity index (χ2n) is 5.49. The fourth-order valence-corrected chi connectivity index (χ4v) is 2.51. The fourth-order valence-electron chi connectivity index (χ4n) is 2.51. The Morgan fingerprint density at radius 3 is 2.00 bits per heavy atom. The monoisotopic (exact) mass is 313 g/mol. The number of allylic oxidation sites excluding steroid dienone is 1. The number of nitriles is 1. The van der Waals surface area contributed by atoms with Crippen molar-refractivity contribution >= 4 is 17.6 Å². The Morgan fingerprint density at radius 1 is 1.08 bits per heavy atom. The Bertz CT molecular complexity index is 735. The molecule has 3 rings (SSSR count). The maximum Gasteiger partial charge on any atom is 0.236 e. The first-order valence-corrected chi connectivity index (χ1v) is 7.80. The lowest BCUT2D eigenvalue weighted by Gasteiger charge is -2.14. The molecule has 0 saturated heterocycles. The van der Waals surface area contributed by atoms with Crippen molar-refractivity contribution in [3.63, 3.8) is 0 Å². The van der Waals surface area contributed by atoms with Crippen molar-refractivity contribution in [1.82, 2.24) is 9.55 Å². The highest BCUT2D eigenvalue weighted by molar-refractivity contribution is 6.90. The van der Waals surface area contributed by atoms with E-state index in [2.05, 4.69) is 67.0 Å². The summed E-state index contributed by atoms with van der Waals surface area (Å²) in [5.74, 6) is 0. The molecule has 4 heteroatoms. The van der Waals surface area contributed by atoms with Gasteiger partial charge in [-0.05, 0) is 0 Å². The van der Waals surface area contributed by atoms with E-state index in [1.807, 2.05) is 18.2 Å². The van der Waals surface area contributed by atoms with Crippen LogP contribution in [0.2, 0.25) is 0 Å². The van der Waals surface area contributed by atoms with Crippen molar-refractivity contribution in [3.8, 4) is 6.07 Å². The highest BCUT2D eigenvalue weighted by Crippen LogP contribution is 2.00. The number of benzene rings is 2. The molecule has 0 aliphatic heterocycles. The zero-order valence-corrected chi connectivity index (χ0v) is 13.8. The third-order valence-electron chi connectivity index (χ3n) is 3.57. The first-order valence-electron chi connectivity index (χ1n) is 7.80. The smallest absolute Gasteiger partial charge is 0.236 e. The lowest BCUT2D eigenvalue weighted by molar-refractivity contribution is 0.830. The minimum absolute atomic E-state index is 0.308. The molecule has 0 aliphatic rings. The predicted octanol–water partition coefficient (Wildman–Crippen LogP) is 2.82. The topological polar surface area (TPSA) is 41.6 Å². The first-order chi connectivity index (χ1) is 11.7. The first kappa shape index (κ1) is 17.3. The Labute approximate surface area is 144 Å². The molecule has 118 valence electrons. The average molecular weight is 313 g/mol. The zero-order chi connectivity index (χ0) is 17.2. The third kappa shape index (κ3) is 5.00. The fraction of sp³-hybridized carbons (Fsp3) is 0.100. The summed E-state index contributed by atoms with van der Waals surface area (Å²) in [6, 6.07) is 23.0. The van der Waals surface area contributed by atoms with Crippen LogP contribution < -0.4 is 10.9 Å². The summed E-state index contributed by atoms with van der Waals surface area (Å²) in [6.07, 6.45) is 5.02. The maximum absolute atomic E-state index is 8.14. The molecule has 0 saturated carbocycles. The van der Waals surface area contributed by atoms with Crippen molar-refractivity contribution in [2.75, 3.05) is 0 Å². The summed E-state index contributed by atoms with van der Waals surface area (Å²) < 4.78 is 1.71. The Balaban J connectivity index is 0.000000219. The summed E-state index contributed by atoms with van der Waals surface area (Å²) in [5, 5.41) is 8.14. The molecule has 0 amide bonds. The van der Waals surface area contributed by atoms with Crippen molar-refractivity contribution in [2.24, 2.45) is 0 Å². The molecule has 0 fully saturated rings. The van der Waals surface area contributed by atoms with E-state index in [1.54, 1.807) is 23.3 Å². The molecule has 0 radical (unpaired) electrons. The van der Waals surface area contributed by atoms with Crippen LogP contribution in [0.4, 0.5) is 0 Å². The quantitative estimate of drug-likeness (QED) is 0.695. The molecule has 1 aromatic heterocycles. The second-order valence-corrected chi connectivity index (χ2v) is 5.49. The standard InChI is InChI=1S/C15H15B.C5H5N3/c1-13(2)16(14-9-5-3-6-10-14)15-11-7-4-8-12-15;6-1-3-8-4-2-7-5-8/h3-12H,1H2,2H3;2,4-5H,3H2. The molecule has 0 atom stereocenters. The molecule has 0 spiro atoms. The van der Waals surface area contributed by atoms with E-state index in [0.29, 0.717) is 13.3 Å². The van der Waals surface area contributed by atoms with E-state index in [9.17, 15) is 0 Å². The van der Waals surface area contributed by atoms with Gasteiger partial charge in [0.1, 0.15) is 6.54 Å². The predicted molar refractivity (Wildman–Crippen MR) is 101 cm³/mol. The Morgan fingerprint density at radius 2 is 1.62 bits per heavy atom. The van der Waals surface area contributed by atoms with Crippen LogP contribution in [-0.4, -0.2) is 16.3 Å². The van der Waals surface area contributed by atoms with Gasteiger partial charge in [-0.25, -0.2) is 4.98 Å². The summed E-state index contributed by atoms with van der Waals surface area (Å²) in [4.78, 5) is 3.75. The molecular weight excluding hydrogens is 293 g/mol. The van der Waals surface area contributed by atoms with Gasteiger partial charge in [0, 0.05) is 12.4 Å². The molecule has 1 heterocycles. The van der Waals surface area contributed by atoms with Crippen LogP contribution in [0.1, 0.15) is 6.92 Å². The van der Waals surface area contributed by atoms with Gasteiger partial charge in [0.15, 0.2) is 0 Å². The van der Waals surface area contributed by atoms with Crippen LogP contribution in [0.15, 0.2) is 91.4 Å². The van der Waals surface area contributed by atoms with E-state index in [1.165, 1.54) is 16.4 Å². The summed E-state index contributed by atoms with van der Waals surface area (Å²) in [5.41, 5.74) is 3.79. The molecule has 3 aromatic rings. The van der Waals surface area contributed by atoms with Gasteiger partial charge in [-0.2, -0.15) is 5.26 Å². The highest BCUT2D eigenvalue weighted by Gasteiger charge is 2.18. The molecule has 2 aromatic carbocycles. The number of hydrogen-bond acceptors (Lipinski definition) is 2. The van der Waals surface area contributed by atoms with Gasteiger partial charge in [0.05, 0.1) is 12.4 Å². The minimum Gasteiger partial charge on any atom is -0.324 e.